The Morgan fingerprint density at radius 3 is 2.79 bits per heavy atom. The van der Waals surface area contributed by atoms with Gasteiger partial charge in [0, 0.05) is 17.0 Å². The Kier molecular flexibility index (Phi) is 5.01. The van der Waals surface area contributed by atoms with Gasteiger partial charge >= 0.3 is 0 Å². The van der Waals surface area contributed by atoms with Crippen molar-refractivity contribution in [2.24, 2.45) is 5.10 Å². The maximum Gasteiger partial charge on any atom is 0.280 e. The van der Waals surface area contributed by atoms with Crippen molar-refractivity contribution in [1.29, 1.82) is 0 Å². The van der Waals surface area contributed by atoms with E-state index in [4.69, 9.17) is 21.1 Å². The van der Waals surface area contributed by atoms with Crippen LogP contribution in [-0.4, -0.2) is 24.3 Å². The highest BCUT2D eigenvalue weighted by atomic mass is 35.5. The first-order valence-corrected chi connectivity index (χ1v) is 8.02. The summed E-state index contributed by atoms with van der Waals surface area (Å²) in [5.41, 5.74) is 4.26. The third-order valence-corrected chi connectivity index (χ3v) is 3.84. The van der Waals surface area contributed by atoms with Gasteiger partial charge in [0.05, 0.1) is 12.3 Å². The van der Waals surface area contributed by atoms with Crippen LogP contribution in [0.25, 0.3) is 0 Å². The lowest BCUT2D eigenvalue weighted by atomic mass is 10.0. The highest BCUT2D eigenvalue weighted by Gasteiger charge is 2.18. The summed E-state index contributed by atoms with van der Waals surface area (Å²) in [6.45, 7) is 2.21. The quantitative estimate of drug-likeness (QED) is 0.865. The number of carbonyl (C=O) groups excluding carboxylic acids is 1. The second-order valence-electron chi connectivity index (χ2n) is 5.34. The van der Waals surface area contributed by atoms with Crippen molar-refractivity contribution in [1.82, 2.24) is 5.43 Å². The molecule has 0 radical (unpaired) electrons. The number of rotatable bonds is 4. The zero-order valence-corrected chi connectivity index (χ0v) is 13.9. The Morgan fingerprint density at radius 2 is 2.00 bits per heavy atom. The minimum Gasteiger partial charge on any atom is -0.492 e. The molecular formula is C18H17ClN2O3. The summed E-state index contributed by atoms with van der Waals surface area (Å²) < 4.78 is 11.1. The Balaban J connectivity index is 1.64. The molecule has 24 heavy (non-hydrogen) atoms. The number of nitrogens with one attached hydrogen (secondary N) is 1. The monoisotopic (exact) mass is 344 g/mol. The summed E-state index contributed by atoms with van der Waals surface area (Å²) in [7, 11) is 0. The van der Waals surface area contributed by atoms with Crippen LogP contribution in [-0.2, 0) is 4.79 Å². The van der Waals surface area contributed by atoms with Gasteiger partial charge in [-0.2, -0.15) is 5.10 Å². The topological polar surface area (TPSA) is 59.9 Å². The molecule has 6 heteroatoms. The van der Waals surface area contributed by atoms with E-state index in [0.29, 0.717) is 23.8 Å². The normalized spacial score (nSPS) is 16.0. The standard InChI is InChI=1S/C18H17ClN2O3/c1-12(24-14-8-6-13(19)7-9-14)18(22)21-20-16-10-11-23-17-5-3-2-4-15(16)17/h2-9,12H,10-11H2,1H3,(H,21,22)/b20-16-/t12-/m1/s1. The number of hydrazone groups is 1. The smallest absolute Gasteiger partial charge is 0.280 e. The Bertz CT molecular complexity index is 759. The van der Waals surface area contributed by atoms with Crippen LogP contribution in [0.2, 0.25) is 5.02 Å². The number of carbonyl (C=O) groups is 1. The maximum atomic E-state index is 12.2. The molecule has 5 nitrogen and oxygen atoms in total. The molecule has 1 heterocycles. The molecule has 2 aromatic carbocycles. The fourth-order valence-corrected chi connectivity index (χ4v) is 2.45. The molecule has 3 rings (SSSR count). The molecule has 0 spiro atoms. The average molecular weight is 345 g/mol. The Labute approximate surface area is 145 Å². The van der Waals surface area contributed by atoms with E-state index in [1.807, 2.05) is 24.3 Å². The predicted octanol–water partition coefficient (Wildman–Crippen LogP) is 3.41. The molecule has 0 saturated heterocycles. The minimum absolute atomic E-state index is 0.318. The van der Waals surface area contributed by atoms with Crippen molar-refractivity contribution in [2.75, 3.05) is 6.61 Å². The van der Waals surface area contributed by atoms with E-state index in [1.165, 1.54) is 0 Å². The molecule has 1 aliphatic rings. The summed E-state index contributed by atoms with van der Waals surface area (Å²) >= 11 is 5.82. The lowest BCUT2D eigenvalue weighted by molar-refractivity contribution is -0.127. The molecule has 1 aliphatic heterocycles. The van der Waals surface area contributed by atoms with Crippen molar-refractivity contribution >= 4 is 23.2 Å². The zero-order chi connectivity index (χ0) is 16.9. The highest BCUT2D eigenvalue weighted by Crippen LogP contribution is 2.24. The van der Waals surface area contributed by atoms with Gasteiger partial charge in [-0.3, -0.25) is 4.79 Å². The first-order valence-electron chi connectivity index (χ1n) is 7.64. The number of para-hydroxylation sites is 1. The Morgan fingerprint density at radius 1 is 1.25 bits per heavy atom. The summed E-state index contributed by atoms with van der Waals surface area (Å²) in [5.74, 6) is 1.04. The number of benzene rings is 2. The number of nitrogens with zero attached hydrogens (tertiary/aromatic N) is 1. The molecule has 1 atom stereocenters. The molecule has 1 amide bonds. The van der Waals surface area contributed by atoms with Gasteiger partial charge in [0.1, 0.15) is 11.5 Å². The van der Waals surface area contributed by atoms with Gasteiger partial charge in [-0.15, -0.1) is 0 Å². The molecule has 0 fully saturated rings. The second-order valence-corrected chi connectivity index (χ2v) is 5.78. The maximum absolute atomic E-state index is 12.2. The summed E-state index contributed by atoms with van der Waals surface area (Å²) in [4.78, 5) is 12.2. The van der Waals surface area contributed by atoms with Crippen molar-refractivity contribution in [3.8, 4) is 11.5 Å². The van der Waals surface area contributed by atoms with Crippen molar-refractivity contribution in [3.05, 3.63) is 59.1 Å². The number of hydrogen-bond acceptors (Lipinski definition) is 4. The Hall–Kier alpha value is -2.53. The van der Waals surface area contributed by atoms with E-state index in [2.05, 4.69) is 10.5 Å². The van der Waals surface area contributed by atoms with Crippen molar-refractivity contribution in [3.63, 3.8) is 0 Å². The number of fused-ring (bicyclic) bond motifs is 1. The predicted molar refractivity (Wildman–Crippen MR) is 92.8 cm³/mol. The number of ether oxygens (including phenoxy) is 2. The molecule has 1 N–H and O–H groups in total. The molecule has 0 unspecified atom stereocenters. The van der Waals surface area contributed by atoms with E-state index in [0.717, 1.165) is 17.0 Å². The first kappa shape index (κ1) is 16.3. The lowest BCUT2D eigenvalue weighted by Crippen LogP contribution is -2.34. The third kappa shape index (κ3) is 3.86. The minimum atomic E-state index is -0.675. The van der Waals surface area contributed by atoms with Crippen molar-refractivity contribution in [2.45, 2.75) is 19.4 Å². The molecule has 124 valence electrons. The highest BCUT2D eigenvalue weighted by molar-refractivity contribution is 6.30. The first-order chi connectivity index (χ1) is 11.6. The van der Waals surface area contributed by atoms with Crippen LogP contribution in [0.5, 0.6) is 11.5 Å². The largest absolute Gasteiger partial charge is 0.492 e. The van der Waals surface area contributed by atoms with Crippen LogP contribution in [0, 0.1) is 0 Å². The van der Waals surface area contributed by atoms with E-state index >= 15 is 0 Å². The van der Waals surface area contributed by atoms with Crippen LogP contribution in [0.4, 0.5) is 0 Å². The number of hydrogen-bond donors (Lipinski definition) is 1. The number of halogens is 1. The van der Waals surface area contributed by atoms with E-state index < -0.39 is 6.10 Å². The van der Waals surface area contributed by atoms with Crippen LogP contribution >= 0.6 is 11.6 Å². The van der Waals surface area contributed by atoms with E-state index in [-0.39, 0.29) is 5.91 Å². The van der Waals surface area contributed by atoms with Gasteiger partial charge < -0.3 is 9.47 Å². The molecule has 0 aliphatic carbocycles. The summed E-state index contributed by atoms with van der Waals surface area (Å²) in [6.07, 6.45) is -0.0328. The van der Waals surface area contributed by atoms with Gasteiger partial charge in [0.15, 0.2) is 6.10 Å². The van der Waals surface area contributed by atoms with Crippen LogP contribution in [0.15, 0.2) is 53.6 Å². The number of amides is 1. The van der Waals surface area contributed by atoms with Crippen molar-refractivity contribution < 1.29 is 14.3 Å². The lowest BCUT2D eigenvalue weighted by Gasteiger charge is -2.19. The second kappa shape index (κ2) is 7.36. The van der Waals surface area contributed by atoms with E-state index in [9.17, 15) is 4.79 Å². The van der Waals surface area contributed by atoms with Crippen LogP contribution < -0.4 is 14.9 Å². The van der Waals surface area contributed by atoms with Gasteiger partial charge in [-0.25, -0.2) is 5.43 Å². The fourth-order valence-electron chi connectivity index (χ4n) is 2.32. The molecule has 0 aromatic heterocycles. The molecule has 0 bridgehead atoms. The summed E-state index contributed by atoms with van der Waals surface area (Å²) in [5, 5.41) is 4.85. The summed E-state index contributed by atoms with van der Waals surface area (Å²) in [6, 6.07) is 14.5. The van der Waals surface area contributed by atoms with Gasteiger partial charge in [-0.1, -0.05) is 23.7 Å². The SMILES string of the molecule is C[C@@H](Oc1ccc(Cl)cc1)C(=O)N/N=C1/CCOc2ccccc21. The van der Waals surface area contributed by atoms with Gasteiger partial charge in [0.2, 0.25) is 0 Å². The van der Waals surface area contributed by atoms with Crippen LogP contribution in [0.1, 0.15) is 18.9 Å². The average Bonchev–Trinajstić information content (AvgIpc) is 2.61. The van der Waals surface area contributed by atoms with Gasteiger partial charge in [-0.05, 0) is 43.3 Å². The molecular weight excluding hydrogens is 328 g/mol. The molecule has 2 aromatic rings. The third-order valence-electron chi connectivity index (χ3n) is 3.59. The zero-order valence-electron chi connectivity index (χ0n) is 13.2. The van der Waals surface area contributed by atoms with Gasteiger partial charge in [0.25, 0.3) is 5.91 Å². The van der Waals surface area contributed by atoms with E-state index in [1.54, 1.807) is 31.2 Å². The molecule has 0 saturated carbocycles. The van der Waals surface area contributed by atoms with Crippen LogP contribution in [0.3, 0.4) is 0 Å². The fraction of sp³-hybridized carbons (Fsp3) is 0.222.